The standard InChI is InChI=1S/C23H17F3N8O2/c24-23(25,26)36-15-7-5-14(6-8-15)35-10-12-1-3-13(4-2-12)19-17-18(29)16(9-27)20(30)33-21(17)34-22(32-19)31-11-28/h1-8,19H,10H2,(H6,29,30,31,32,33,34). The second-order valence-corrected chi connectivity index (χ2v) is 7.45. The van der Waals surface area contributed by atoms with Crippen LogP contribution < -0.4 is 31.6 Å². The quantitative estimate of drug-likeness (QED) is 0.306. The van der Waals surface area contributed by atoms with E-state index in [1.165, 1.54) is 12.1 Å². The highest BCUT2D eigenvalue weighted by atomic mass is 19.4. The molecule has 0 radical (unpaired) electrons. The highest BCUT2D eigenvalue weighted by Crippen LogP contribution is 2.40. The van der Waals surface area contributed by atoms with E-state index in [0.29, 0.717) is 16.9 Å². The number of pyridine rings is 1. The average Bonchev–Trinajstić information content (AvgIpc) is 2.83. The maximum Gasteiger partial charge on any atom is 0.573 e. The molecule has 1 aromatic heterocycles. The van der Waals surface area contributed by atoms with Crippen LogP contribution in [-0.4, -0.2) is 17.3 Å². The Morgan fingerprint density at radius 2 is 1.69 bits per heavy atom. The van der Waals surface area contributed by atoms with Crippen molar-refractivity contribution in [2.75, 3.05) is 16.8 Å². The first kappa shape index (κ1) is 24.0. The van der Waals surface area contributed by atoms with E-state index < -0.39 is 12.4 Å². The van der Waals surface area contributed by atoms with E-state index in [1.54, 1.807) is 30.5 Å². The lowest BCUT2D eigenvalue weighted by atomic mass is 9.94. The molecule has 1 aliphatic rings. The normalized spacial score (nSPS) is 14.4. The molecule has 0 saturated heterocycles. The Morgan fingerprint density at radius 1 is 1.03 bits per heavy atom. The monoisotopic (exact) mass is 494 g/mol. The van der Waals surface area contributed by atoms with E-state index in [-0.39, 0.29) is 41.2 Å². The van der Waals surface area contributed by atoms with Gasteiger partial charge in [0.1, 0.15) is 47.4 Å². The SMILES string of the molecule is N#CNC1=NC(c2ccc(COc3ccc(OC(F)(F)F)cc3)cc2)c2c(nc(N)c(C#N)c2N)N1. The van der Waals surface area contributed by atoms with E-state index >= 15 is 0 Å². The van der Waals surface area contributed by atoms with Gasteiger partial charge in [0.15, 0.2) is 6.19 Å². The lowest BCUT2D eigenvalue weighted by Crippen LogP contribution is -2.32. The molecule has 0 spiro atoms. The van der Waals surface area contributed by atoms with Gasteiger partial charge in [-0.3, -0.25) is 5.32 Å². The first-order chi connectivity index (χ1) is 17.2. The summed E-state index contributed by atoms with van der Waals surface area (Å²) in [4.78, 5) is 8.69. The predicted molar refractivity (Wildman–Crippen MR) is 123 cm³/mol. The summed E-state index contributed by atoms with van der Waals surface area (Å²) in [5, 5.41) is 23.7. The van der Waals surface area contributed by atoms with Crippen LogP contribution in [0.5, 0.6) is 11.5 Å². The minimum Gasteiger partial charge on any atom is -0.489 e. The summed E-state index contributed by atoms with van der Waals surface area (Å²) in [5.74, 6) is 0.368. The molecule has 10 nitrogen and oxygen atoms in total. The number of nitrogens with two attached hydrogens (primary N) is 2. The second-order valence-electron chi connectivity index (χ2n) is 7.45. The van der Waals surface area contributed by atoms with Crippen LogP contribution in [0.3, 0.4) is 0 Å². The summed E-state index contributed by atoms with van der Waals surface area (Å²) in [7, 11) is 0. The first-order valence-electron chi connectivity index (χ1n) is 10.2. The van der Waals surface area contributed by atoms with Gasteiger partial charge in [0.05, 0.1) is 5.69 Å². The number of nitrogens with zero attached hydrogens (tertiary/aromatic N) is 4. The Kier molecular flexibility index (Phi) is 6.39. The molecule has 4 rings (SSSR count). The summed E-state index contributed by atoms with van der Waals surface area (Å²) >= 11 is 0. The third-order valence-corrected chi connectivity index (χ3v) is 5.12. The number of guanidine groups is 1. The van der Waals surface area contributed by atoms with Crippen LogP contribution in [0, 0.1) is 22.8 Å². The van der Waals surface area contributed by atoms with Crippen molar-refractivity contribution in [2.24, 2.45) is 4.99 Å². The number of fused-ring (bicyclic) bond motifs is 1. The van der Waals surface area contributed by atoms with Crippen LogP contribution in [0.2, 0.25) is 0 Å². The first-order valence-corrected chi connectivity index (χ1v) is 10.2. The molecule has 0 fully saturated rings. The van der Waals surface area contributed by atoms with Gasteiger partial charge in [-0.1, -0.05) is 24.3 Å². The number of hydrogen-bond donors (Lipinski definition) is 4. The van der Waals surface area contributed by atoms with Crippen LogP contribution in [0.1, 0.15) is 28.3 Å². The van der Waals surface area contributed by atoms with E-state index in [9.17, 15) is 18.4 Å². The Bertz CT molecular complexity index is 1390. The number of nitriles is 2. The fourth-order valence-corrected chi connectivity index (χ4v) is 3.52. The number of alkyl halides is 3. The van der Waals surface area contributed by atoms with Gasteiger partial charge in [-0.05, 0) is 35.4 Å². The van der Waals surface area contributed by atoms with Crippen molar-refractivity contribution in [3.63, 3.8) is 0 Å². The van der Waals surface area contributed by atoms with E-state index in [2.05, 4.69) is 25.3 Å². The summed E-state index contributed by atoms with van der Waals surface area (Å²) in [6.45, 7) is 0.145. The van der Waals surface area contributed by atoms with Crippen molar-refractivity contribution in [1.82, 2.24) is 10.3 Å². The predicted octanol–water partition coefficient (Wildman–Crippen LogP) is 3.54. The second kappa shape index (κ2) is 9.60. The van der Waals surface area contributed by atoms with Gasteiger partial charge in [0.2, 0.25) is 5.96 Å². The van der Waals surface area contributed by atoms with Gasteiger partial charge in [0, 0.05) is 5.56 Å². The Balaban J connectivity index is 1.54. The maximum absolute atomic E-state index is 12.3. The van der Waals surface area contributed by atoms with Gasteiger partial charge in [-0.15, -0.1) is 13.2 Å². The van der Waals surface area contributed by atoms with Gasteiger partial charge in [0.25, 0.3) is 0 Å². The number of hydrogen-bond acceptors (Lipinski definition) is 10. The van der Waals surface area contributed by atoms with Crippen molar-refractivity contribution in [3.05, 3.63) is 70.8 Å². The highest BCUT2D eigenvalue weighted by molar-refractivity contribution is 5.98. The smallest absolute Gasteiger partial charge is 0.489 e. The molecule has 0 amide bonds. The van der Waals surface area contributed by atoms with Crippen LogP contribution >= 0.6 is 0 Å². The number of halogens is 3. The zero-order chi connectivity index (χ0) is 25.9. The van der Waals surface area contributed by atoms with Crippen molar-refractivity contribution in [3.8, 4) is 23.8 Å². The lowest BCUT2D eigenvalue weighted by Gasteiger charge is -2.26. The molecule has 2 heterocycles. The van der Waals surface area contributed by atoms with Gasteiger partial charge < -0.3 is 26.3 Å². The molecule has 0 saturated carbocycles. The molecule has 1 unspecified atom stereocenters. The maximum atomic E-state index is 12.3. The minimum atomic E-state index is -4.77. The molecule has 36 heavy (non-hydrogen) atoms. The summed E-state index contributed by atoms with van der Waals surface area (Å²) in [6.07, 6.45) is -2.98. The molecule has 3 aromatic rings. The van der Waals surface area contributed by atoms with Crippen LogP contribution in [0.4, 0.5) is 30.5 Å². The number of nitrogens with one attached hydrogen (secondary N) is 2. The molecule has 182 valence electrons. The van der Waals surface area contributed by atoms with Crippen molar-refractivity contribution in [2.45, 2.75) is 19.0 Å². The van der Waals surface area contributed by atoms with Gasteiger partial charge in [-0.25, -0.2) is 9.98 Å². The number of anilines is 3. The van der Waals surface area contributed by atoms with Crippen LogP contribution in [0.15, 0.2) is 53.5 Å². The van der Waals surface area contributed by atoms with Crippen LogP contribution in [-0.2, 0) is 6.61 Å². The van der Waals surface area contributed by atoms with Crippen molar-refractivity contribution >= 4 is 23.3 Å². The Labute approximate surface area is 202 Å². The third kappa shape index (κ3) is 5.15. The number of rotatable bonds is 5. The van der Waals surface area contributed by atoms with Crippen LogP contribution in [0.25, 0.3) is 0 Å². The summed E-state index contributed by atoms with van der Waals surface area (Å²) in [6, 6.07) is 13.4. The van der Waals surface area contributed by atoms with Gasteiger partial charge >= 0.3 is 6.36 Å². The third-order valence-electron chi connectivity index (χ3n) is 5.12. The Hall–Kier alpha value is -5.17. The fraction of sp³-hybridized carbons (Fsp3) is 0.130. The zero-order valence-electron chi connectivity index (χ0n) is 18.3. The number of aromatic nitrogens is 1. The number of benzene rings is 2. The molecular weight excluding hydrogens is 477 g/mol. The summed E-state index contributed by atoms with van der Waals surface area (Å²) in [5.41, 5.74) is 14.1. The average molecular weight is 494 g/mol. The zero-order valence-corrected chi connectivity index (χ0v) is 18.3. The number of aliphatic imine (C=N–C) groups is 1. The van der Waals surface area contributed by atoms with E-state index in [4.69, 9.17) is 21.5 Å². The highest BCUT2D eigenvalue weighted by Gasteiger charge is 2.31. The molecule has 1 atom stereocenters. The Morgan fingerprint density at radius 3 is 2.31 bits per heavy atom. The van der Waals surface area contributed by atoms with Crippen molar-refractivity contribution < 1.29 is 22.6 Å². The van der Waals surface area contributed by atoms with Gasteiger partial charge in [-0.2, -0.15) is 10.5 Å². The largest absolute Gasteiger partial charge is 0.573 e. The lowest BCUT2D eigenvalue weighted by molar-refractivity contribution is -0.274. The molecule has 1 aliphatic heterocycles. The molecule has 0 bridgehead atoms. The molecule has 6 N–H and O–H groups in total. The minimum absolute atomic E-state index is 0.0316. The van der Waals surface area contributed by atoms with E-state index in [0.717, 1.165) is 17.7 Å². The molecule has 13 heteroatoms. The fourth-order valence-electron chi connectivity index (χ4n) is 3.52. The number of ether oxygens (including phenoxy) is 2. The molecule has 0 aliphatic carbocycles. The number of nitrogen functional groups attached to an aromatic ring is 2. The molecular formula is C23H17F3N8O2. The van der Waals surface area contributed by atoms with E-state index in [1.807, 2.05) is 6.07 Å². The summed E-state index contributed by atoms with van der Waals surface area (Å²) < 4.78 is 46.3. The topological polar surface area (TPSA) is 167 Å². The molecule has 2 aromatic carbocycles. The van der Waals surface area contributed by atoms with Crippen molar-refractivity contribution in [1.29, 1.82) is 10.5 Å².